The standard InChI is InChI=1S/C22H26F2N4O/c1-28(2)20(29)14-26-21(25-13-16-6-4-3-5-7-16)27-15-22(10-11-22)18-9-8-17(23)12-19(18)24/h3-9,12H,10-11,13-15H2,1-2H3,(H2,25,26,27). The molecule has 1 fully saturated rings. The minimum Gasteiger partial charge on any atom is -0.355 e. The van der Waals surface area contributed by atoms with Crippen molar-refractivity contribution in [3.8, 4) is 0 Å². The number of benzene rings is 2. The minimum atomic E-state index is -0.580. The molecule has 3 rings (SSSR count). The van der Waals surface area contributed by atoms with E-state index in [9.17, 15) is 13.6 Å². The molecule has 1 aliphatic rings. The Balaban J connectivity index is 1.69. The molecule has 1 amide bonds. The van der Waals surface area contributed by atoms with Crippen LogP contribution in [-0.2, 0) is 16.8 Å². The van der Waals surface area contributed by atoms with Gasteiger partial charge in [0.2, 0.25) is 5.91 Å². The third-order valence-electron chi connectivity index (χ3n) is 5.12. The lowest BCUT2D eigenvalue weighted by molar-refractivity contribution is -0.127. The second kappa shape index (κ2) is 9.03. The molecule has 0 bridgehead atoms. The normalized spacial score (nSPS) is 15.0. The molecule has 0 spiro atoms. The number of rotatable bonds is 7. The van der Waals surface area contributed by atoms with Crippen molar-refractivity contribution < 1.29 is 13.6 Å². The molecule has 0 aromatic heterocycles. The first-order chi connectivity index (χ1) is 13.9. The van der Waals surface area contributed by atoms with Gasteiger partial charge in [-0.1, -0.05) is 36.4 Å². The van der Waals surface area contributed by atoms with Crippen LogP contribution in [0, 0.1) is 11.6 Å². The number of likely N-dealkylation sites (N-methyl/N-ethyl adjacent to an activating group) is 1. The van der Waals surface area contributed by atoms with Crippen molar-refractivity contribution in [3.63, 3.8) is 0 Å². The second-order valence-electron chi connectivity index (χ2n) is 7.55. The number of guanidine groups is 1. The SMILES string of the molecule is CN(C)C(=O)CNC(=NCc1ccccc1)NCC1(c2ccc(F)cc2F)CC1. The maximum atomic E-state index is 14.3. The molecule has 0 aliphatic heterocycles. The van der Waals surface area contributed by atoms with Gasteiger partial charge in [0.05, 0.1) is 13.1 Å². The molecule has 5 nitrogen and oxygen atoms in total. The minimum absolute atomic E-state index is 0.0788. The topological polar surface area (TPSA) is 56.7 Å². The number of carbonyl (C=O) groups is 1. The lowest BCUT2D eigenvalue weighted by Crippen LogP contribution is -2.45. The van der Waals surface area contributed by atoms with Crippen molar-refractivity contribution in [2.45, 2.75) is 24.8 Å². The van der Waals surface area contributed by atoms with Gasteiger partial charge in [-0.15, -0.1) is 0 Å². The van der Waals surface area contributed by atoms with Crippen molar-refractivity contribution in [3.05, 3.63) is 71.3 Å². The number of halogens is 2. The number of carbonyl (C=O) groups excluding carboxylic acids is 1. The predicted molar refractivity (Wildman–Crippen MR) is 110 cm³/mol. The zero-order valence-electron chi connectivity index (χ0n) is 16.7. The van der Waals surface area contributed by atoms with E-state index in [1.54, 1.807) is 14.1 Å². The van der Waals surface area contributed by atoms with Crippen molar-refractivity contribution in [1.82, 2.24) is 15.5 Å². The van der Waals surface area contributed by atoms with Crippen LogP contribution in [0.25, 0.3) is 0 Å². The summed E-state index contributed by atoms with van der Waals surface area (Å²) in [5.41, 5.74) is 1.18. The fourth-order valence-corrected chi connectivity index (χ4v) is 3.11. The van der Waals surface area contributed by atoms with Gasteiger partial charge in [0.15, 0.2) is 5.96 Å². The quantitative estimate of drug-likeness (QED) is 0.555. The monoisotopic (exact) mass is 400 g/mol. The van der Waals surface area contributed by atoms with E-state index in [1.165, 1.54) is 17.0 Å². The second-order valence-corrected chi connectivity index (χ2v) is 7.55. The van der Waals surface area contributed by atoms with Crippen LogP contribution in [0.2, 0.25) is 0 Å². The zero-order chi connectivity index (χ0) is 20.9. The molecule has 7 heteroatoms. The molecule has 154 valence electrons. The fraction of sp³-hybridized carbons (Fsp3) is 0.364. The van der Waals surface area contributed by atoms with Gasteiger partial charge in [-0.25, -0.2) is 13.8 Å². The molecule has 2 aromatic rings. The van der Waals surface area contributed by atoms with Crippen LogP contribution >= 0.6 is 0 Å². The highest BCUT2D eigenvalue weighted by Gasteiger charge is 2.46. The number of aliphatic imine (C=N–C) groups is 1. The van der Waals surface area contributed by atoms with E-state index >= 15 is 0 Å². The van der Waals surface area contributed by atoms with E-state index in [4.69, 9.17) is 0 Å². The number of nitrogens with zero attached hydrogens (tertiary/aromatic N) is 2. The summed E-state index contributed by atoms with van der Waals surface area (Å²) < 4.78 is 27.5. The summed E-state index contributed by atoms with van der Waals surface area (Å²) >= 11 is 0. The summed E-state index contributed by atoms with van der Waals surface area (Å²) in [6, 6.07) is 13.5. The molecule has 0 radical (unpaired) electrons. The van der Waals surface area contributed by atoms with E-state index in [-0.39, 0.29) is 17.9 Å². The molecule has 0 heterocycles. The Morgan fingerprint density at radius 1 is 1.10 bits per heavy atom. The van der Waals surface area contributed by atoms with Gasteiger partial charge in [-0.3, -0.25) is 4.79 Å². The maximum absolute atomic E-state index is 14.3. The summed E-state index contributed by atoms with van der Waals surface area (Å²) in [7, 11) is 3.38. The van der Waals surface area contributed by atoms with Crippen LogP contribution in [0.5, 0.6) is 0 Å². The Morgan fingerprint density at radius 3 is 2.45 bits per heavy atom. The third-order valence-corrected chi connectivity index (χ3v) is 5.12. The highest BCUT2D eigenvalue weighted by molar-refractivity contribution is 5.86. The molecule has 0 unspecified atom stereocenters. The van der Waals surface area contributed by atoms with Crippen molar-refractivity contribution in [1.29, 1.82) is 0 Å². The summed E-state index contributed by atoms with van der Waals surface area (Å²) in [6.45, 7) is 1.00. The summed E-state index contributed by atoms with van der Waals surface area (Å²) in [4.78, 5) is 18.0. The van der Waals surface area contributed by atoms with Crippen LogP contribution < -0.4 is 10.6 Å². The molecule has 0 atom stereocenters. The smallest absolute Gasteiger partial charge is 0.241 e. The van der Waals surface area contributed by atoms with Crippen molar-refractivity contribution in [2.24, 2.45) is 4.99 Å². The van der Waals surface area contributed by atoms with Gasteiger partial charge in [-0.2, -0.15) is 0 Å². The first-order valence-corrected chi connectivity index (χ1v) is 9.61. The Kier molecular flexibility index (Phi) is 6.46. The van der Waals surface area contributed by atoms with E-state index in [0.717, 1.165) is 24.5 Å². The molecule has 29 heavy (non-hydrogen) atoms. The largest absolute Gasteiger partial charge is 0.355 e. The van der Waals surface area contributed by atoms with Crippen LogP contribution in [0.15, 0.2) is 53.5 Å². The molecule has 2 aromatic carbocycles. The van der Waals surface area contributed by atoms with Crippen molar-refractivity contribution in [2.75, 3.05) is 27.2 Å². The van der Waals surface area contributed by atoms with Crippen LogP contribution in [0.4, 0.5) is 8.78 Å². The zero-order valence-corrected chi connectivity index (χ0v) is 16.7. The lowest BCUT2D eigenvalue weighted by Gasteiger charge is -2.20. The van der Waals surface area contributed by atoms with Gasteiger partial charge in [0, 0.05) is 32.1 Å². The van der Waals surface area contributed by atoms with Gasteiger partial charge in [0.1, 0.15) is 11.6 Å². The van der Waals surface area contributed by atoms with Gasteiger partial charge < -0.3 is 15.5 Å². The number of nitrogens with one attached hydrogen (secondary N) is 2. The third kappa shape index (κ3) is 5.53. The summed E-state index contributed by atoms with van der Waals surface area (Å²) in [5, 5.41) is 6.28. The first kappa shape index (κ1) is 20.8. The maximum Gasteiger partial charge on any atom is 0.241 e. The summed E-state index contributed by atoms with van der Waals surface area (Å²) in [6.07, 6.45) is 1.62. The van der Waals surface area contributed by atoms with E-state index in [1.807, 2.05) is 30.3 Å². The Morgan fingerprint density at radius 2 is 1.83 bits per heavy atom. The van der Waals surface area contributed by atoms with E-state index in [0.29, 0.717) is 24.6 Å². The van der Waals surface area contributed by atoms with E-state index in [2.05, 4.69) is 15.6 Å². The number of hydrogen-bond acceptors (Lipinski definition) is 2. The lowest BCUT2D eigenvalue weighted by atomic mass is 9.95. The van der Waals surface area contributed by atoms with Gasteiger partial charge >= 0.3 is 0 Å². The van der Waals surface area contributed by atoms with Crippen molar-refractivity contribution >= 4 is 11.9 Å². The Bertz CT molecular complexity index is 880. The summed E-state index contributed by atoms with van der Waals surface area (Å²) in [5.74, 6) is -0.699. The van der Waals surface area contributed by atoms with Crippen LogP contribution in [-0.4, -0.2) is 44.0 Å². The molecular formula is C22H26F2N4O. The number of amides is 1. The highest BCUT2D eigenvalue weighted by Crippen LogP contribution is 2.48. The molecule has 1 saturated carbocycles. The number of hydrogen-bond donors (Lipinski definition) is 2. The highest BCUT2D eigenvalue weighted by atomic mass is 19.1. The average Bonchev–Trinajstić information content (AvgIpc) is 3.48. The van der Waals surface area contributed by atoms with Crippen LogP contribution in [0.3, 0.4) is 0 Å². The molecule has 0 saturated heterocycles. The van der Waals surface area contributed by atoms with E-state index < -0.39 is 11.6 Å². The van der Waals surface area contributed by atoms with Gasteiger partial charge in [-0.05, 0) is 30.0 Å². The fourth-order valence-electron chi connectivity index (χ4n) is 3.11. The molecule has 2 N–H and O–H groups in total. The van der Waals surface area contributed by atoms with Gasteiger partial charge in [0.25, 0.3) is 0 Å². The Hall–Kier alpha value is -2.96. The predicted octanol–water partition coefficient (Wildman–Crippen LogP) is 2.82. The first-order valence-electron chi connectivity index (χ1n) is 9.61. The Labute approximate surface area is 169 Å². The molecular weight excluding hydrogens is 374 g/mol. The van der Waals surface area contributed by atoms with Crippen LogP contribution in [0.1, 0.15) is 24.0 Å². The molecule has 1 aliphatic carbocycles. The average molecular weight is 400 g/mol.